The number of nitrogens with zero attached hydrogens (tertiary/aromatic N) is 1. The summed E-state index contributed by atoms with van der Waals surface area (Å²) < 4.78 is 2.96. The van der Waals surface area contributed by atoms with Crippen LogP contribution in [0.2, 0.25) is 0 Å². The van der Waals surface area contributed by atoms with Crippen molar-refractivity contribution < 1.29 is 0 Å². The Morgan fingerprint density at radius 2 is 1.13 bits per heavy atom. The zero-order valence-corrected chi connectivity index (χ0v) is 27.0. The molecular weight excluding hydrogens is 609 g/mol. The van der Waals surface area contributed by atoms with E-state index in [0.717, 1.165) is 5.69 Å². The van der Waals surface area contributed by atoms with Crippen LogP contribution in [-0.4, -0.2) is 14.5 Å². The van der Waals surface area contributed by atoms with Gasteiger partial charge in [0.15, 0.2) is 0 Å². The first-order chi connectivity index (χ1) is 22.1. The number of benzene rings is 7. The minimum absolute atomic E-state index is 0.0643. The second kappa shape index (κ2) is 10.1. The van der Waals surface area contributed by atoms with Crippen LogP contribution in [0.1, 0.15) is 25.0 Å². The van der Waals surface area contributed by atoms with Crippen LogP contribution in [0.25, 0.3) is 52.3 Å². The van der Waals surface area contributed by atoms with E-state index in [1.165, 1.54) is 74.8 Å². The van der Waals surface area contributed by atoms with Gasteiger partial charge in [0.2, 0.25) is 0 Å². The molecule has 0 saturated heterocycles. The van der Waals surface area contributed by atoms with Gasteiger partial charge in [0.25, 0.3) is 0 Å². The molecule has 45 heavy (non-hydrogen) atoms. The maximum atomic E-state index is 2.44. The zero-order valence-electron chi connectivity index (χ0n) is 25.3. The van der Waals surface area contributed by atoms with Gasteiger partial charge >= 0.3 is 265 Å². The molecule has 8 aromatic rings. The maximum absolute atomic E-state index is 2.44. The Bertz CT molecular complexity index is 2400. The van der Waals surface area contributed by atoms with E-state index < -0.39 is 0 Å². The summed E-state index contributed by atoms with van der Waals surface area (Å²) in [5, 5.41) is 5.47. The normalized spacial score (nSPS) is 13.3. The van der Waals surface area contributed by atoms with Crippen molar-refractivity contribution in [3.05, 3.63) is 163 Å². The van der Waals surface area contributed by atoms with E-state index in [1.54, 1.807) is 0 Å². The fourth-order valence-electron chi connectivity index (χ4n) is 7.34. The third kappa shape index (κ3) is 4.14. The molecule has 0 N–H and O–H groups in total. The molecule has 1 aromatic heterocycles. The van der Waals surface area contributed by atoms with Gasteiger partial charge in [-0.25, -0.2) is 0 Å². The molecule has 9 rings (SSSR count). The predicted molar refractivity (Wildman–Crippen MR) is 194 cm³/mol. The molecule has 0 atom stereocenters. The van der Waals surface area contributed by atoms with Crippen LogP contribution in [0.4, 0.5) is 17.1 Å². The van der Waals surface area contributed by atoms with Crippen LogP contribution in [-0.2, 0) is 5.41 Å². The molecule has 1 nitrogen and oxygen atoms in total. The van der Waals surface area contributed by atoms with Gasteiger partial charge in [-0.3, -0.25) is 0 Å². The molecule has 1 aliphatic carbocycles. The number of fused-ring (bicyclic) bond motifs is 8. The predicted octanol–water partition coefficient (Wildman–Crippen LogP) is 11.6. The Balaban J connectivity index is 1.24. The number of rotatable bonds is 4. The summed E-state index contributed by atoms with van der Waals surface area (Å²) in [7, 11) is 0. The Labute approximate surface area is 269 Å². The molecular formula is C43H31NSe. The summed E-state index contributed by atoms with van der Waals surface area (Å²) in [6.07, 6.45) is 0. The van der Waals surface area contributed by atoms with Crippen molar-refractivity contribution in [2.24, 2.45) is 0 Å². The van der Waals surface area contributed by atoms with Crippen LogP contribution in [0.3, 0.4) is 0 Å². The summed E-state index contributed by atoms with van der Waals surface area (Å²) in [6.45, 7) is 4.72. The molecule has 1 aliphatic rings. The first kappa shape index (κ1) is 26.5. The van der Waals surface area contributed by atoms with Crippen LogP contribution in [0, 0.1) is 0 Å². The topological polar surface area (TPSA) is 3.24 Å². The van der Waals surface area contributed by atoms with E-state index in [0.29, 0.717) is 0 Å². The van der Waals surface area contributed by atoms with Crippen molar-refractivity contribution >= 4 is 61.6 Å². The van der Waals surface area contributed by atoms with E-state index in [4.69, 9.17) is 0 Å². The van der Waals surface area contributed by atoms with E-state index >= 15 is 0 Å². The van der Waals surface area contributed by atoms with Crippen molar-refractivity contribution in [3.8, 4) is 22.3 Å². The SMILES string of the molecule is CC1(C)c2ccccc2-c2ccc(N(c3ccc(-c4ccccc4)cc3)c3ccc4[se]c5c6ccccc6ccc5c4c3)cc21. The van der Waals surface area contributed by atoms with Crippen molar-refractivity contribution in [2.45, 2.75) is 19.3 Å². The third-order valence-corrected chi connectivity index (χ3v) is 12.2. The standard InChI is InChI=1S/C43H31NSe/c1-43(2)39-15-9-8-14-35(39)36-24-21-33(27-40(36)43)44(31-19-16-29(17-20-31)28-10-4-3-5-11-28)32-22-25-41-38(26-32)37-23-18-30-12-6-7-13-34(30)42(37)45-41/h3-27H,1-2H3. The van der Waals surface area contributed by atoms with E-state index in [2.05, 4.69) is 170 Å². The van der Waals surface area contributed by atoms with E-state index in [-0.39, 0.29) is 19.9 Å². The molecule has 0 spiro atoms. The molecule has 0 bridgehead atoms. The van der Waals surface area contributed by atoms with Gasteiger partial charge in [-0.15, -0.1) is 0 Å². The molecule has 0 amide bonds. The average Bonchev–Trinajstić information content (AvgIpc) is 3.58. The summed E-state index contributed by atoms with van der Waals surface area (Å²) in [5.41, 5.74) is 11.4. The Hall–Kier alpha value is -4.88. The van der Waals surface area contributed by atoms with Crippen LogP contribution < -0.4 is 4.90 Å². The molecule has 7 aromatic carbocycles. The van der Waals surface area contributed by atoms with Gasteiger partial charge in [-0.05, 0) is 0 Å². The zero-order chi connectivity index (χ0) is 30.1. The molecule has 0 aliphatic heterocycles. The Morgan fingerprint density at radius 3 is 2.00 bits per heavy atom. The first-order valence-corrected chi connectivity index (χ1v) is 17.3. The Kier molecular flexibility index (Phi) is 5.94. The van der Waals surface area contributed by atoms with Gasteiger partial charge in [-0.1, -0.05) is 6.07 Å². The number of hydrogen-bond donors (Lipinski definition) is 0. The molecule has 214 valence electrons. The van der Waals surface area contributed by atoms with Crippen LogP contribution in [0.15, 0.2) is 152 Å². The molecule has 0 radical (unpaired) electrons. The number of anilines is 3. The minimum atomic E-state index is -0.0643. The molecule has 0 fully saturated rings. The van der Waals surface area contributed by atoms with Crippen LogP contribution in [0.5, 0.6) is 0 Å². The van der Waals surface area contributed by atoms with Gasteiger partial charge in [0.05, 0.1) is 0 Å². The monoisotopic (exact) mass is 641 g/mol. The average molecular weight is 641 g/mol. The summed E-state index contributed by atoms with van der Waals surface area (Å²) in [6, 6.07) is 56.2. The number of hydrogen-bond acceptors (Lipinski definition) is 1. The summed E-state index contributed by atoms with van der Waals surface area (Å²) in [5.74, 6) is 0. The van der Waals surface area contributed by atoms with Crippen molar-refractivity contribution in [1.82, 2.24) is 0 Å². The van der Waals surface area contributed by atoms with E-state index in [9.17, 15) is 0 Å². The molecule has 2 heteroatoms. The van der Waals surface area contributed by atoms with Crippen molar-refractivity contribution in [3.63, 3.8) is 0 Å². The first-order valence-electron chi connectivity index (χ1n) is 15.6. The summed E-state index contributed by atoms with van der Waals surface area (Å²) in [4.78, 5) is 2.44. The fraction of sp³-hybridized carbons (Fsp3) is 0.0698. The van der Waals surface area contributed by atoms with Gasteiger partial charge in [0, 0.05) is 0 Å². The van der Waals surface area contributed by atoms with Gasteiger partial charge < -0.3 is 0 Å². The van der Waals surface area contributed by atoms with Crippen molar-refractivity contribution in [1.29, 1.82) is 0 Å². The molecule has 0 saturated carbocycles. The van der Waals surface area contributed by atoms with Crippen LogP contribution >= 0.6 is 0 Å². The summed E-state index contributed by atoms with van der Waals surface area (Å²) >= 11 is 0.287. The van der Waals surface area contributed by atoms with Gasteiger partial charge in [0.1, 0.15) is 0 Å². The fourth-order valence-corrected chi connectivity index (χ4v) is 9.90. The second-order valence-electron chi connectivity index (χ2n) is 12.6. The van der Waals surface area contributed by atoms with Gasteiger partial charge in [-0.2, -0.15) is 0 Å². The van der Waals surface area contributed by atoms with E-state index in [1.807, 2.05) is 0 Å². The van der Waals surface area contributed by atoms with Crippen molar-refractivity contribution in [2.75, 3.05) is 4.90 Å². The Morgan fingerprint density at radius 1 is 0.467 bits per heavy atom. The molecule has 1 heterocycles. The molecule has 0 unspecified atom stereocenters. The third-order valence-electron chi connectivity index (χ3n) is 9.66. The second-order valence-corrected chi connectivity index (χ2v) is 14.8. The quantitative estimate of drug-likeness (QED) is 0.173.